The van der Waals surface area contributed by atoms with Crippen molar-refractivity contribution < 1.29 is 14.0 Å². The van der Waals surface area contributed by atoms with Gasteiger partial charge in [-0.2, -0.15) is 0 Å². The zero-order valence-corrected chi connectivity index (χ0v) is 19.8. The van der Waals surface area contributed by atoms with Gasteiger partial charge in [0.05, 0.1) is 29.8 Å². The third-order valence-electron chi connectivity index (χ3n) is 6.46. The average molecular weight is 468 g/mol. The molecule has 2 amide bonds. The van der Waals surface area contributed by atoms with Crippen molar-refractivity contribution >= 4 is 17.5 Å². The number of carbonyl (C=O) groups is 2. The zero-order valence-electron chi connectivity index (χ0n) is 19.8. The van der Waals surface area contributed by atoms with Crippen LogP contribution in [0.1, 0.15) is 42.8 Å². The van der Waals surface area contributed by atoms with Gasteiger partial charge in [-0.15, -0.1) is 0 Å². The first-order chi connectivity index (χ1) is 17.2. The maximum atomic E-state index is 14.0. The van der Waals surface area contributed by atoms with E-state index in [1.165, 1.54) is 0 Å². The smallest absolute Gasteiger partial charge is 0.247 e. The van der Waals surface area contributed by atoms with Gasteiger partial charge in [-0.05, 0) is 48.4 Å². The fourth-order valence-electron chi connectivity index (χ4n) is 4.74. The minimum Gasteiger partial charge on any atom is -0.467 e. The molecule has 35 heavy (non-hydrogen) atoms. The monoisotopic (exact) mass is 467 g/mol. The highest BCUT2D eigenvalue weighted by atomic mass is 16.3. The van der Waals surface area contributed by atoms with E-state index in [0.717, 1.165) is 35.5 Å². The van der Waals surface area contributed by atoms with E-state index in [2.05, 4.69) is 11.5 Å². The molecule has 2 aromatic heterocycles. The van der Waals surface area contributed by atoms with E-state index in [1.807, 2.05) is 85.1 Å². The lowest BCUT2D eigenvalue weighted by Gasteiger charge is -2.38. The highest BCUT2D eigenvalue weighted by molar-refractivity contribution is 6.00. The van der Waals surface area contributed by atoms with Crippen molar-refractivity contribution in [2.45, 2.75) is 32.2 Å². The number of hydrogen-bond donors (Lipinski definition) is 0. The molecule has 0 saturated carbocycles. The molecule has 5 rings (SSSR count). The fraction of sp³-hybridized carbons (Fsp3) is 0.241. The molecule has 1 unspecified atom stereocenters. The van der Waals surface area contributed by atoms with Crippen molar-refractivity contribution in [2.24, 2.45) is 0 Å². The standard InChI is InChI=1S/C29H29N3O3/c1-2-3-17-30(27(33)20-22-11-5-4-6-12-22)21-28(34)32-24-14-8-7-13-23(24)31-18-9-15-25(31)29(32)26-16-10-19-35-26/h4-16,18-19,29H,2-3,17,20-21H2,1H3. The molecule has 6 nitrogen and oxygen atoms in total. The van der Waals surface area contributed by atoms with Crippen molar-refractivity contribution in [1.82, 2.24) is 9.47 Å². The first kappa shape index (κ1) is 22.7. The molecule has 3 heterocycles. The molecule has 4 aromatic rings. The van der Waals surface area contributed by atoms with Gasteiger partial charge < -0.3 is 13.9 Å². The number of benzene rings is 2. The number of hydrogen-bond acceptors (Lipinski definition) is 3. The van der Waals surface area contributed by atoms with E-state index in [1.54, 1.807) is 16.1 Å². The van der Waals surface area contributed by atoms with Crippen LogP contribution in [0.5, 0.6) is 0 Å². The van der Waals surface area contributed by atoms with Crippen LogP contribution in [-0.2, 0) is 16.0 Å². The van der Waals surface area contributed by atoms with E-state index >= 15 is 0 Å². The summed E-state index contributed by atoms with van der Waals surface area (Å²) in [5.74, 6) is 0.508. The molecular weight excluding hydrogens is 438 g/mol. The highest BCUT2D eigenvalue weighted by Crippen LogP contribution is 2.42. The van der Waals surface area contributed by atoms with E-state index in [-0.39, 0.29) is 24.8 Å². The lowest BCUT2D eigenvalue weighted by molar-refractivity contribution is -0.135. The SMILES string of the molecule is CCCCN(CC(=O)N1c2ccccc2-n2cccc2C1c1ccco1)C(=O)Cc1ccccc1. The second kappa shape index (κ2) is 10.1. The zero-order chi connectivity index (χ0) is 24.2. The Morgan fingerprint density at radius 2 is 1.69 bits per heavy atom. The van der Waals surface area contributed by atoms with Crippen LogP contribution in [0.4, 0.5) is 5.69 Å². The highest BCUT2D eigenvalue weighted by Gasteiger charge is 2.38. The Hall–Kier alpha value is -4.06. The Kier molecular flexibility index (Phi) is 6.53. The first-order valence-corrected chi connectivity index (χ1v) is 12.1. The Bertz CT molecular complexity index is 1290. The summed E-state index contributed by atoms with van der Waals surface area (Å²) in [7, 11) is 0. The predicted molar refractivity (Wildman–Crippen MR) is 135 cm³/mol. The van der Waals surface area contributed by atoms with Crippen molar-refractivity contribution in [2.75, 3.05) is 18.0 Å². The number of rotatable bonds is 8. The maximum absolute atomic E-state index is 14.0. The fourth-order valence-corrected chi connectivity index (χ4v) is 4.74. The molecule has 0 bridgehead atoms. The summed E-state index contributed by atoms with van der Waals surface area (Å²) in [6, 6.07) is 24.8. The van der Waals surface area contributed by atoms with Crippen molar-refractivity contribution in [3.8, 4) is 5.69 Å². The molecule has 6 heteroatoms. The average Bonchev–Trinajstić information content (AvgIpc) is 3.59. The number of nitrogens with zero attached hydrogens (tertiary/aromatic N) is 3. The number of anilines is 1. The van der Waals surface area contributed by atoms with Gasteiger partial charge in [-0.1, -0.05) is 55.8 Å². The Morgan fingerprint density at radius 1 is 0.914 bits per heavy atom. The van der Waals surface area contributed by atoms with E-state index in [9.17, 15) is 9.59 Å². The van der Waals surface area contributed by atoms with Crippen LogP contribution < -0.4 is 4.90 Å². The molecule has 1 atom stereocenters. The molecule has 1 aliphatic heterocycles. The summed E-state index contributed by atoms with van der Waals surface area (Å²) in [6.07, 6.45) is 5.69. The predicted octanol–water partition coefficient (Wildman–Crippen LogP) is 5.38. The molecular formula is C29H29N3O3. The van der Waals surface area contributed by atoms with Crippen molar-refractivity contribution in [3.05, 3.63) is 108 Å². The van der Waals surface area contributed by atoms with Gasteiger partial charge in [0.1, 0.15) is 18.3 Å². The van der Waals surface area contributed by atoms with Crippen LogP contribution in [-0.4, -0.2) is 34.4 Å². The van der Waals surface area contributed by atoms with Gasteiger partial charge in [0.25, 0.3) is 0 Å². The third kappa shape index (κ3) is 4.52. The van der Waals surface area contributed by atoms with Gasteiger partial charge >= 0.3 is 0 Å². The van der Waals surface area contributed by atoms with Crippen LogP contribution >= 0.6 is 0 Å². The number of aromatic nitrogens is 1. The number of furan rings is 1. The Morgan fingerprint density at radius 3 is 2.43 bits per heavy atom. The number of carbonyl (C=O) groups excluding carboxylic acids is 2. The van der Waals surface area contributed by atoms with Gasteiger partial charge in [-0.25, -0.2) is 0 Å². The second-order valence-electron chi connectivity index (χ2n) is 8.80. The summed E-state index contributed by atoms with van der Waals surface area (Å²) >= 11 is 0. The number of fused-ring (bicyclic) bond motifs is 3. The molecule has 178 valence electrons. The molecule has 0 radical (unpaired) electrons. The summed E-state index contributed by atoms with van der Waals surface area (Å²) in [4.78, 5) is 30.8. The van der Waals surface area contributed by atoms with Crippen LogP contribution in [0, 0.1) is 0 Å². The normalized spacial score (nSPS) is 14.3. The summed E-state index contributed by atoms with van der Waals surface area (Å²) in [6.45, 7) is 2.65. The number of unbranched alkanes of at least 4 members (excludes halogenated alkanes) is 1. The Labute approximate surface area is 205 Å². The van der Waals surface area contributed by atoms with E-state index < -0.39 is 6.04 Å². The largest absolute Gasteiger partial charge is 0.467 e. The van der Waals surface area contributed by atoms with Crippen LogP contribution in [0.3, 0.4) is 0 Å². The lowest BCUT2D eigenvalue weighted by Crippen LogP contribution is -2.47. The first-order valence-electron chi connectivity index (χ1n) is 12.1. The van der Waals surface area contributed by atoms with Gasteiger partial charge in [0.2, 0.25) is 11.8 Å². The molecule has 0 saturated heterocycles. The molecule has 2 aromatic carbocycles. The minimum absolute atomic E-state index is 0.0118. The van der Waals surface area contributed by atoms with Crippen LogP contribution in [0.2, 0.25) is 0 Å². The van der Waals surface area contributed by atoms with E-state index in [4.69, 9.17) is 4.42 Å². The summed E-state index contributed by atoms with van der Waals surface area (Å²) in [5.41, 5.74) is 3.62. The molecule has 0 fully saturated rings. The van der Waals surface area contributed by atoms with E-state index in [0.29, 0.717) is 12.3 Å². The molecule has 1 aliphatic rings. The quantitative estimate of drug-likeness (QED) is 0.350. The topological polar surface area (TPSA) is 58.7 Å². The van der Waals surface area contributed by atoms with Gasteiger partial charge in [0.15, 0.2) is 0 Å². The summed E-state index contributed by atoms with van der Waals surface area (Å²) < 4.78 is 7.90. The lowest BCUT2D eigenvalue weighted by atomic mass is 10.0. The molecule has 0 aliphatic carbocycles. The minimum atomic E-state index is -0.417. The number of para-hydroxylation sites is 2. The summed E-state index contributed by atoms with van der Waals surface area (Å²) in [5, 5.41) is 0. The van der Waals surface area contributed by atoms with Gasteiger partial charge in [0, 0.05) is 12.7 Å². The van der Waals surface area contributed by atoms with Crippen LogP contribution in [0.25, 0.3) is 5.69 Å². The third-order valence-corrected chi connectivity index (χ3v) is 6.46. The molecule has 0 spiro atoms. The van der Waals surface area contributed by atoms with Crippen molar-refractivity contribution in [1.29, 1.82) is 0 Å². The van der Waals surface area contributed by atoms with Crippen molar-refractivity contribution in [3.63, 3.8) is 0 Å². The second-order valence-corrected chi connectivity index (χ2v) is 8.80. The number of amides is 2. The van der Waals surface area contributed by atoms with Gasteiger partial charge in [-0.3, -0.25) is 14.5 Å². The van der Waals surface area contributed by atoms with Crippen LogP contribution in [0.15, 0.2) is 95.7 Å². The Balaban J connectivity index is 1.48. The molecule has 0 N–H and O–H groups in total. The maximum Gasteiger partial charge on any atom is 0.247 e.